The van der Waals surface area contributed by atoms with E-state index in [-0.39, 0.29) is 0 Å². The molecular weight excluding hydrogens is 210 g/mol. The highest BCUT2D eigenvalue weighted by atomic mass is 32.1. The summed E-state index contributed by atoms with van der Waals surface area (Å²) in [5, 5.41) is 7.75. The van der Waals surface area contributed by atoms with Gasteiger partial charge in [-0.05, 0) is 29.8 Å². The first-order valence-corrected chi connectivity index (χ1v) is 6.41. The monoisotopic (exact) mass is 223 g/mol. The van der Waals surface area contributed by atoms with Crippen molar-refractivity contribution in [1.82, 2.24) is 5.32 Å². The summed E-state index contributed by atoms with van der Waals surface area (Å²) in [4.78, 5) is 2.80. The van der Waals surface area contributed by atoms with Crippen molar-refractivity contribution < 1.29 is 0 Å². The molecule has 0 aliphatic heterocycles. The minimum Gasteiger partial charge on any atom is -0.305 e. The molecule has 1 nitrogen and oxygen atoms in total. The second-order valence-corrected chi connectivity index (χ2v) is 5.21. The van der Waals surface area contributed by atoms with Gasteiger partial charge in [0.15, 0.2) is 0 Å². The molecule has 0 amide bonds. The van der Waals surface area contributed by atoms with Crippen LogP contribution in [0, 0.1) is 0 Å². The van der Waals surface area contributed by atoms with Crippen molar-refractivity contribution in [1.29, 1.82) is 0 Å². The molecule has 0 aromatic carbocycles. The largest absolute Gasteiger partial charge is 0.305 e. The van der Waals surface area contributed by atoms with Crippen LogP contribution in [0.25, 0.3) is 0 Å². The maximum Gasteiger partial charge on any atom is 0.0389 e. The van der Waals surface area contributed by atoms with Crippen LogP contribution in [0.15, 0.2) is 35.0 Å². The second-order valence-electron chi connectivity index (χ2n) is 3.20. The van der Waals surface area contributed by atoms with Gasteiger partial charge in [0.1, 0.15) is 0 Å². The SMILES string of the molecule is C[C@H](NCc1cccs1)c1cccs1. The lowest BCUT2D eigenvalue weighted by Crippen LogP contribution is -2.16. The number of thiophene rings is 2. The van der Waals surface area contributed by atoms with Gasteiger partial charge in [-0.15, -0.1) is 22.7 Å². The molecule has 0 saturated carbocycles. The Balaban J connectivity index is 1.87. The van der Waals surface area contributed by atoms with E-state index in [4.69, 9.17) is 0 Å². The van der Waals surface area contributed by atoms with Crippen LogP contribution in [0.4, 0.5) is 0 Å². The maximum atomic E-state index is 3.51. The van der Waals surface area contributed by atoms with Gasteiger partial charge in [0.25, 0.3) is 0 Å². The van der Waals surface area contributed by atoms with Crippen molar-refractivity contribution >= 4 is 22.7 Å². The highest BCUT2D eigenvalue weighted by Crippen LogP contribution is 2.19. The minimum absolute atomic E-state index is 0.456. The number of nitrogens with one attached hydrogen (secondary N) is 1. The molecule has 1 atom stereocenters. The van der Waals surface area contributed by atoms with E-state index >= 15 is 0 Å². The molecule has 3 heteroatoms. The molecule has 1 N–H and O–H groups in total. The molecule has 2 rings (SSSR count). The molecule has 0 radical (unpaired) electrons. The zero-order chi connectivity index (χ0) is 9.80. The van der Waals surface area contributed by atoms with Crippen LogP contribution < -0.4 is 5.32 Å². The Morgan fingerprint density at radius 3 is 2.64 bits per heavy atom. The number of rotatable bonds is 4. The third-order valence-electron chi connectivity index (χ3n) is 2.13. The van der Waals surface area contributed by atoms with Gasteiger partial charge < -0.3 is 5.32 Å². The highest BCUT2D eigenvalue weighted by molar-refractivity contribution is 7.10. The van der Waals surface area contributed by atoms with Gasteiger partial charge in [0, 0.05) is 22.3 Å². The van der Waals surface area contributed by atoms with Crippen LogP contribution >= 0.6 is 22.7 Å². The third-order valence-corrected chi connectivity index (χ3v) is 4.06. The Morgan fingerprint density at radius 2 is 2.00 bits per heavy atom. The molecule has 0 spiro atoms. The highest BCUT2D eigenvalue weighted by Gasteiger charge is 2.05. The van der Waals surface area contributed by atoms with Crippen molar-refractivity contribution in [2.75, 3.05) is 0 Å². The lowest BCUT2D eigenvalue weighted by atomic mass is 10.3. The van der Waals surface area contributed by atoms with Crippen molar-refractivity contribution in [2.24, 2.45) is 0 Å². The topological polar surface area (TPSA) is 12.0 Å². The average Bonchev–Trinajstić information content (AvgIpc) is 2.87. The predicted octanol–water partition coefficient (Wildman–Crippen LogP) is 3.66. The predicted molar refractivity (Wildman–Crippen MR) is 63.9 cm³/mol. The summed E-state index contributed by atoms with van der Waals surface area (Å²) in [7, 11) is 0. The standard InChI is InChI=1S/C11H13NS2/c1-9(11-5-3-7-14-11)12-8-10-4-2-6-13-10/h2-7,9,12H,8H2,1H3/t9-/m0/s1. The number of hydrogen-bond acceptors (Lipinski definition) is 3. The Kier molecular flexibility index (Phi) is 3.35. The zero-order valence-corrected chi connectivity index (χ0v) is 9.70. The molecule has 0 aliphatic rings. The molecule has 2 aromatic heterocycles. The maximum absolute atomic E-state index is 3.51. The Hall–Kier alpha value is -0.640. The van der Waals surface area contributed by atoms with E-state index < -0.39 is 0 Å². The van der Waals surface area contributed by atoms with Gasteiger partial charge in [-0.1, -0.05) is 12.1 Å². The van der Waals surface area contributed by atoms with Gasteiger partial charge >= 0.3 is 0 Å². The first kappa shape index (κ1) is 9.90. The van der Waals surface area contributed by atoms with Crippen LogP contribution in [-0.4, -0.2) is 0 Å². The summed E-state index contributed by atoms with van der Waals surface area (Å²) >= 11 is 3.61. The fourth-order valence-corrected chi connectivity index (χ4v) is 2.72. The van der Waals surface area contributed by atoms with Crippen LogP contribution in [0.1, 0.15) is 22.7 Å². The Bertz CT molecular complexity index is 351. The average molecular weight is 223 g/mol. The molecule has 74 valence electrons. The van der Waals surface area contributed by atoms with Gasteiger partial charge in [-0.2, -0.15) is 0 Å². The van der Waals surface area contributed by atoms with Gasteiger partial charge in [-0.25, -0.2) is 0 Å². The molecule has 2 aromatic rings. The summed E-state index contributed by atoms with van der Waals surface area (Å²) in [5.74, 6) is 0. The first-order chi connectivity index (χ1) is 6.86. The second kappa shape index (κ2) is 4.73. The molecule has 2 heterocycles. The van der Waals surface area contributed by atoms with E-state index in [9.17, 15) is 0 Å². The summed E-state index contributed by atoms with van der Waals surface area (Å²) in [6.45, 7) is 3.18. The quantitative estimate of drug-likeness (QED) is 0.834. The lowest BCUT2D eigenvalue weighted by Gasteiger charge is -2.10. The summed E-state index contributed by atoms with van der Waals surface area (Å²) in [5.41, 5.74) is 0. The van der Waals surface area contributed by atoms with E-state index in [1.165, 1.54) is 9.75 Å². The minimum atomic E-state index is 0.456. The van der Waals surface area contributed by atoms with Crippen molar-refractivity contribution in [3.63, 3.8) is 0 Å². The van der Waals surface area contributed by atoms with Crippen LogP contribution in [0.2, 0.25) is 0 Å². The van der Waals surface area contributed by atoms with E-state index in [1.807, 2.05) is 11.3 Å². The van der Waals surface area contributed by atoms with Crippen LogP contribution in [0.3, 0.4) is 0 Å². The van der Waals surface area contributed by atoms with Crippen molar-refractivity contribution in [3.05, 3.63) is 44.8 Å². The zero-order valence-electron chi connectivity index (χ0n) is 8.07. The Labute approximate surface area is 92.4 Å². The van der Waals surface area contributed by atoms with Gasteiger partial charge in [0.05, 0.1) is 0 Å². The normalized spacial score (nSPS) is 12.9. The Morgan fingerprint density at radius 1 is 1.21 bits per heavy atom. The molecular formula is C11H13NS2. The molecule has 0 saturated heterocycles. The third kappa shape index (κ3) is 2.44. The van der Waals surface area contributed by atoms with E-state index in [0.717, 1.165) is 6.54 Å². The molecule has 0 aliphatic carbocycles. The summed E-state index contributed by atoms with van der Waals surface area (Å²) < 4.78 is 0. The molecule has 0 unspecified atom stereocenters. The van der Waals surface area contributed by atoms with Crippen molar-refractivity contribution in [3.8, 4) is 0 Å². The fraction of sp³-hybridized carbons (Fsp3) is 0.273. The number of hydrogen-bond donors (Lipinski definition) is 1. The molecule has 0 fully saturated rings. The van der Waals surface area contributed by atoms with E-state index in [1.54, 1.807) is 11.3 Å². The van der Waals surface area contributed by atoms with Crippen molar-refractivity contribution in [2.45, 2.75) is 19.5 Å². The van der Waals surface area contributed by atoms with E-state index in [0.29, 0.717) is 6.04 Å². The first-order valence-electron chi connectivity index (χ1n) is 4.65. The van der Waals surface area contributed by atoms with Gasteiger partial charge in [0.2, 0.25) is 0 Å². The smallest absolute Gasteiger partial charge is 0.0389 e. The van der Waals surface area contributed by atoms with Crippen LogP contribution in [-0.2, 0) is 6.54 Å². The molecule has 0 bridgehead atoms. The lowest BCUT2D eigenvalue weighted by molar-refractivity contribution is 0.587. The van der Waals surface area contributed by atoms with Crippen LogP contribution in [0.5, 0.6) is 0 Å². The molecule has 14 heavy (non-hydrogen) atoms. The summed E-state index contributed by atoms with van der Waals surface area (Å²) in [6, 6.07) is 8.99. The van der Waals surface area contributed by atoms with Gasteiger partial charge in [-0.3, -0.25) is 0 Å². The van der Waals surface area contributed by atoms with E-state index in [2.05, 4.69) is 47.3 Å². The fourth-order valence-electron chi connectivity index (χ4n) is 1.31. The summed E-state index contributed by atoms with van der Waals surface area (Å²) in [6.07, 6.45) is 0.